The maximum atomic E-state index is 13.8. The van der Waals surface area contributed by atoms with Crippen molar-refractivity contribution in [2.75, 3.05) is 22.8 Å². The van der Waals surface area contributed by atoms with Gasteiger partial charge < -0.3 is 19.3 Å². The van der Waals surface area contributed by atoms with Crippen LogP contribution in [0, 0.1) is 5.92 Å². The molecule has 0 aliphatic carbocycles. The smallest absolute Gasteiger partial charge is 0.427 e. The number of aromatic nitrogens is 2. The molecule has 228 valence electrons. The number of halogens is 5. The number of ether oxygens (including phenoxy) is 3. The summed E-state index contributed by atoms with van der Waals surface area (Å²) in [5.41, 5.74) is -3.27. The van der Waals surface area contributed by atoms with Crippen LogP contribution in [0.3, 0.4) is 0 Å². The summed E-state index contributed by atoms with van der Waals surface area (Å²) in [6.45, 7) is 0.301. The van der Waals surface area contributed by atoms with E-state index in [9.17, 15) is 45.1 Å². The number of amides is 1. The topological polar surface area (TPSA) is 149 Å². The zero-order valence-electron chi connectivity index (χ0n) is 22.1. The number of carbonyl (C=O) groups is 2. The zero-order valence-corrected chi connectivity index (χ0v) is 22.9. The zero-order chi connectivity index (χ0) is 30.9. The highest BCUT2D eigenvalue weighted by molar-refractivity contribution is 7.93. The average molecular weight is 615 g/mol. The number of alkyl halides is 5. The molecular weight excluding hydrogens is 587 g/mol. The minimum atomic E-state index is -4.89. The number of carbonyl (C=O) groups excluding carboxylic acids is 1. The van der Waals surface area contributed by atoms with Crippen LogP contribution >= 0.6 is 0 Å². The van der Waals surface area contributed by atoms with E-state index in [0.717, 1.165) is 10.4 Å². The van der Waals surface area contributed by atoms with Gasteiger partial charge in [0.1, 0.15) is 11.9 Å². The predicted octanol–water partition coefficient (Wildman–Crippen LogP) is 4.63. The van der Waals surface area contributed by atoms with Gasteiger partial charge in [-0.3, -0.25) is 14.4 Å². The van der Waals surface area contributed by atoms with Crippen molar-refractivity contribution in [1.29, 1.82) is 0 Å². The van der Waals surface area contributed by atoms with Crippen molar-refractivity contribution in [3.05, 3.63) is 24.4 Å². The Morgan fingerprint density at radius 3 is 2.49 bits per heavy atom. The Labute approximate surface area is 231 Å². The van der Waals surface area contributed by atoms with Crippen molar-refractivity contribution < 1.29 is 59.3 Å². The molecular formula is C23H27F5N4O8S. The molecule has 1 amide bonds. The Balaban J connectivity index is 2.05. The lowest BCUT2D eigenvalue weighted by Crippen LogP contribution is -2.45. The fourth-order valence-corrected chi connectivity index (χ4v) is 5.22. The fourth-order valence-electron chi connectivity index (χ4n) is 3.66. The maximum Gasteiger partial charge on any atom is 0.427 e. The first kappa shape index (κ1) is 31.7. The van der Waals surface area contributed by atoms with Crippen LogP contribution in [-0.2, 0) is 19.6 Å². The molecule has 3 rings (SSSR count). The molecule has 1 aliphatic rings. The van der Waals surface area contributed by atoms with Crippen LogP contribution in [-0.4, -0.2) is 66.4 Å². The van der Waals surface area contributed by atoms with Gasteiger partial charge in [-0.25, -0.2) is 17.9 Å². The molecule has 2 atom stereocenters. The Morgan fingerprint density at radius 2 is 1.93 bits per heavy atom. The highest BCUT2D eigenvalue weighted by Crippen LogP contribution is 2.42. The van der Waals surface area contributed by atoms with E-state index in [2.05, 4.69) is 15.2 Å². The van der Waals surface area contributed by atoms with E-state index >= 15 is 0 Å². The first-order valence-electron chi connectivity index (χ1n) is 12.0. The minimum Gasteiger partial charge on any atom is -0.486 e. The van der Waals surface area contributed by atoms with Gasteiger partial charge in [0.2, 0.25) is 5.60 Å². The predicted molar refractivity (Wildman–Crippen MR) is 132 cm³/mol. The van der Waals surface area contributed by atoms with Crippen molar-refractivity contribution in [1.82, 2.24) is 9.78 Å². The summed E-state index contributed by atoms with van der Waals surface area (Å²) in [6.07, 6.45) is -6.98. The van der Waals surface area contributed by atoms with Crippen LogP contribution in [0.4, 0.5) is 38.1 Å². The number of sulfonamides is 1. The lowest BCUT2D eigenvalue weighted by Gasteiger charge is -2.36. The van der Waals surface area contributed by atoms with E-state index in [-0.39, 0.29) is 34.8 Å². The van der Waals surface area contributed by atoms with Crippen molar-refractivity contribution in [2.24, 2.45) is 5.92 Å². The molecule has 2 heterocycles. The molecule has 0 saturated carbocycles. The molecule has 1 aliphatic heterocycles. The second kappa shape index (κ2) is 11.6. The summed E-state index contributed by atoms with van der Waals surface area (Å²) >= 11 is 0. The minimum absolute atomic E-state index is 0.0829. The first-order chi connectivity index (χ1) is 18.9. The molecule has 2 unspecified atom stereocenters. The highest BCUT2D eigenvalue weighted by atomic mass is 32.2. The fraction of sp³-hybridized carbons (Fsp3) is 0.522. The van der Waals surface area contributed by atoms with E-state index in [4.69, 9.17) is 9.47 Å². The average Bonchev–Trinajstić information content (AvgIpc) is 3.28. The van der Waals surface area contributed by atoms with Crippen molar-refractivity contribution in [2.45, 2.75) is 63.4 Å². The summed E-state index contributed by atoms with van der Waals surface area (Å²) < 4.78 is 110. The van der Waals surface area contributed by atoms with Gasteiger partial charge in [0.15, 0.2) is 4.90 Å². The van der Waals surface area contributed by atoms with E-state index in [1.54, 1.807) is 0 Å². The number of aliphatic carboxylic acids is 1. The number of nitrogens with one attached hydrogen (secondary N) is 1. The third-order valence-corrected chi connectivity index (χ3v) is 7.68. The van der Waals surface area contributed by atoms with Gasteiger partial charge >= 0.3 is 24.8 Å². The molecule has 0 saturated heterocycles. The van der Waals surface area contributed by atoms with Crippen LogP contribution in [0.2, 0.25) is 0 Å². The third-order valence-electron chi connectivity index (χ3n) is 5.92. The van der Waals surface area contributed by atoms with E-state index in [1.807, 2.05) is 0 Å². The molecule has 12 nitrogen and oxygen atoms in total. The first-order valence-corrected chi connectivity index (χ1v) is 13.4. The number of fused-ring (bicyclic) bond motifs is 1. The van der Waals surface area contributed by atoms with Gasteiger partial charge in [-0.2, -0.15) is 22.0 Å². The summed E-state index contributed by atoms with van der Waals surface area (Å²) in [6, 6.07) is 3.45. The van der Waals surface area contributed by atoms with Crippen LogP contribution in [0.1, 0.15) is 40.7 Å². The summed E-state index contributed by atoms with van der Waals surface area (Å²) in [4.78, 5) is 22.9. The van der Waals surface area contributed by atoms with Gasteiger partial charge in [-0.05, 0) is 45.4 Å². The van der Waals surface area contributed by atoms with E-state index < -0.39 is 69.8 Å². The molecule has 1 aromatic carbocycles. The Morgan fingerprint density at radius 1 is 1.27 bits per heavy atom. The highest BCUT2D eigenvalue weighted by Gasteiger charge is 2.51. The molecule has 41 heavy (non-hydrogen) atoms. The number of carboxylic acids is 1. The number of hydrogen-bond acceptors (Lipinski definition) is 8. The normalized spacial score (nSPS) is 16.5. The maximum absolute atomic E-state index is 13.8. The third kappa shape index (κ3) is 6.91. The second-order valence-electron chi connectivity index (χ2n) is 9.45. The molecule has 2 N–H and O–H groups in total. The van der Waals surface area contributed by atoms with Crippen LogP contribution < -0.4 is 19.1 Å². The van der Waals surface area contributed by atoms with Crippen molar-refractivity contribution in [3.63, 3.8) is 0 Å². The summed E-state index contributed by atoms with van der Waals surface area (Å²) in [7, 11) is -4.75. The molecule has 2 aromatic rings. The largest absolute Gasteiger partial charge is 0.486 e. The van der Waals surface area contributed by atoms with Gasteiger partial charge in [0.25, 0.3) is 15.9 Å². The van der Waals surface area contributed by atoms with Gasteiger partial charge in [-0.1, -0.05) is 6.92 Å². The molecule has 0 spiro atoms. The number of hydrogen-bond donors (Lipinski definition) is 2. The monoisotopic (exact) mass is 614 g/mol. The number of anilines is 2. The Bertz CT molecular complexity index is 1400. The SMILES string of the molecule is CCOc1nn(C(F)F)cc1S(=O)(=O)N1CC(CC(C)C(=O)O)Oc2ccc(NC(=O)OC(C)(C)C(F)(F)F)cc21. The number of rotatable bonds is 10. The van der Waals surface area contributed by atoms with Crippen molar-refractivity contribution in [3.8, 4) is 11.6 Å². The quantitative estimate of drug-likeness (QED) is 0.365. The Kier molecular flexibility index (Phi) is 8.95. The summed E-state index contributed by atoms with van der Waals surface area (Å²) in [5, 5.41) is 14.9. The number of carboxylic acid groups (broad SMARTS) is 1. The lowest BCUT2D eigenvalue weighted by atomic mass is 10.0. The molecule has 0 bridgehead atoms. The number of benzene rings is 1. The van der Waals surface area contributed by atoms with Crippen LogP contribution in [0.15, 0.2) is 29.3 Å². The number of nitrogens with zero attached hydrogens (tertiary/aromatic N) is 3. The van der Waals surface area contributed by atoms with E-state index in [0.29, 0.717) is 20.0 Å². The standard InChI is InChI=1S/C23H27F5N4O8S/c1-5-38-18-17(11-31(30-18)20(24)25)41(36,37)32-10-14(8-12(2)19(33)34)39-16-7-6-13(9-15(16)32)29-21(35)40-22(3,4)23(26,27)28/h6-7,9,11-12,14,20H,5,8,10H2,1-4H3,(H,29,35)(H,33,34). The van der Waals surface area contributed by atoms with Crippen LogP contribution in [0.5, 0.6) is 11.6 Å². The van der Waals surface area contributed by atoms with Crippen molar-refractivity contribution >= 4 is 33.5 Å². The Hall–Kier alpha value is -3.83. The molecule has 0 radical (unpaired) electrons. The van der Waals surface area contributed by atoms with Gasteiger partial charge in [0.05, 0.1) is 31.0 Å². The molecule has 0 fully saturated rings. The van der Waals surface area contributed by atoms with Gasteiger partial charge in [0, 0.05) is 5.69 Å². The lowest BCUT2D eigenvalue weighted by molar-refractivity contribution is -0.242. The second-order valence-corrected chi connectivity index (χ2v) is 11.3. The summed E-state index contributed by atoms with van der Waals surface area (Å²) in [5.74, 6) is -2.86. The van der Waals surface area contributed by atoms with Crippen LogP contribution in [0.25, 0.3) is 0 Å². The molecule has 1 aromatic heterocycles. The molecule has 18 heteroatoms. The van der Waals surface area contributed by atoms with Gasteiger partial charge in [-0.15, -0.1) is 5.10 Å². The van der Waals surface area contributed by atoms with E-state index in [1.165, 1.54) is 26.0 Å².